The third-order valence-electron chi connectivity index (χ3n) is 7.74. The fraction of sp³-hybridized carbons (Fsp3) is 0.387. The maximum Gasteiger partial charge on any atom is 0.254 e. The van der Waals surface area contributed by atoms with Crippen LogP contribution in [0.25, 0.3) is 0 Å². The Kier molecular flexibility index (Phi) is 10.2. The quantitative estimate of drug-likeness (QED) is 0.209. The van der Waals surface area contributed by atoms with E-state index in [4.69, 9.17) is 26.3 Å². The molecule has 0 spiro atoms. The third-order valence-corrected chi connectivity index (χ3v) is 8.43. The Balaban J connectivity index is 1.11. The molecule has 1 saturated carbocycles. The van der Waals surface area contributed by atoms with E-state index in [2.05, 4.69) is 37.6 Å². The van der Waals surface area contributed by atoms with E-state index in [0.717, 1.165) is 18.9 Å². The topological polar surface area (TPSA) is 99.5 Å². The van der Waals surface area contributed by atoms with Crippen molar-refractivity contribution in [3.8, 4) is 17.8 Å². The first-order chi connectivity index (χ1) is 21.1. The highest BCUT2D eigenvalue weighted by atomic mass is 79.9. The molecule has 1 amide bonds. The number of nitrogens with zero attached hydrogens (tertiary/aromatic N) is 3. The molecule has 2 N–H and O–H groups in total. The van der Waals surface area contributed by atoms with Gasteiger partial charge in [-0.2, -0.15) is 10.2 Å². The van der Waals surface area contributed by atoms with Crippen molar-refractivity contribution in [3.05, 3.63) is 75.0 Å². The maximum atomic E-state index is 14.9. The summed E-state index contributed by atoms with van der Waals surface area (Å²) in [5, 5.41) is 15.3. The van der Waals surface area contributed by atoms with Crippen LogP contribution in [0.1, 0.15) is 37.7 Å². The SMILES string of the molecule is N#CCC1(CNc2cc(Br)cc(F)c2NC(=O)CN2CCC(Oc3ccc(F)c(OCc4ccc(Cl)cc4F)n3)CC2)CC1. The highest BCUT2D eigenvalue weighted by Crippen LogP contribution is 2.48. The van der Waals surface area contributed by atoms with Gasteiger partial charge in [0.2, 0.25) is 11.8 Å². The predicted octanol–water partition coefficient (Wildman–Crippen LogP) is 7.08. The van der Waals surface area contributed by atoms with Crippen LogP contribution in [0.2, 0.25) is 5.02 Å². The number of likely N-dealkylation sites (tertiary alicyclic amines) is 1. The van der Waals surface area contributed by atoms with Crippen LogP contribution in [0.3, 0.4) is 0 Å². The molecule has 232 valence electrons. The van der Waals surface area contributed by atoms with Gasteiger partial charge in [-0.1, -0.05) is 33.6 Å². The second-order valence-corrected chi connectivity index (χ2v) is 12.5. The van der Waals surface area contributed by atoms with Crippen LogP contribution in [-0.2, 0) is 11.4 Å². The van der Waals surface area contributed by atoms with E-state index in [1.54, 1.807) is 6.07 Å². The van der Waals surface area contributed by atoms with E-state index in [1.807, 2.05) is 4.90 Å². The summed E-state index contributed by atoms with van der Waals surface area (Å²) in [5.74, 6) is -2.34. The molecule has 1 aromatic heterocycles. The lowest BCUT2D eigenvalue weighted by atomic mass is 10.0. The molecule has 2 aliphatic rings. The van der Waals surface area contributed by atoms with Gasteiger partial charge in [0.05, 0.1) is 18.3 Å². The number of piperidine rings is 1. The summed E-state index contributed by atoms with van der Waals surface area (Å²) in [4.78, 5) is 19.0. The molecule has 2 fully saturated rings. The summed E-state index contributed by atoms with van der Waals surface area (Å²) in [5.41, 5.74) is 0.630. The van der Waals surface area contributed by atoms with Crippen LogP contribution in [0, 0.1) is 34.2 Å². The molecule has 1 aliphatic heterocycles. The molecule has 1 saturated heterocycles. The van der Waals surface area contributed by atoms with Crippen LogP contribution < -0.4 is 20.1 Å². The summed E-state index contributed by atoms with van der Waals surface area (Å²) >= 11 is 9.08. The number of nitrogens with one attached hydrogen (secondary N) is 2. The smallest absolute Gasteiger partial charge is 0.254 e. The zero-order valence-electron chi connectivity index (χ0n) is 23.6. The highest BCUT2D eigenvalue weighted by molar-refractivity contribution is 9.10. The van der Waals surface area contributed by atoms with Gasteiger partial charge < -0.3 is 20.1 Å². The van der Waals surface area contributed by atoms with E-state index < -0.39 is 17.5 Å². The number of anilines is 2. The highest BCUT2D eigenvalue weighted by Gasteiger charge is 2.42. The number of benzene rings is 2. The maximum absolute atomic E-state index is 14.9. The van der Waals surface area contributed by atoms with Gasteiger partial charge in [-0.25, -0.2) is 13.2 Å². The molecule has 0 atom stereocenters. The zero-order valence-corrected chi connectivity index (χ0v) is 26.0. The summed E-state index contributed by atoms with van der Waals surface area (Å²) < 4.78 is 55.1. The molecular weight excluding hydrogens is 663 g/mol. The molecule has 2 heterocycles. The van der Waals surface area contributed by atoms with E-state index in [0.29, 0.717) is 49.1 Å². The van der Waals surface area contributed by atoms with Crippen molar-refractivity contribution < 1.29 is 27.4 Å². The Morgan fingerprint density at radius 3 is 2.59 bits per heavy atom. The Bertz CT molecular complexity index is 1560. The Morgan fingerprint density at radius 1 is 1.11 bits per heavy atom. The molecular formula is C31H30BrClF3N5O3. The number of hydrogen-bond donors (Lipinski definition) is 2. The van der Waals surface area contributed by atoms with Gasteiger partial charge in [0.25, 0.3) is 5.88 Å². The molecule has 0 bridgehead atoms. The van der Waals surface area contributed by atoms with Gasteiger partial charge in [-0.15, -0.1) is 0 Å². The normalized spacial score (nSPS) is 16.2. The average molecular weight is 693 g/mol. The minimum Gasteiger partial charge on any atom is -0.474 e. The van der Waals surface area contributed by atoms with Gasteiger partial charge in [0.1, 0.15) is 30.0 Å². The second kappa shape index (κ2) is 14.1. The number of rotatable bonds is 12. The molecule has 0 unspecified atom stereocenters. The van der Waals surface area contributed by atoms with E-state index in [1.165, 1.54) is 30.3 Å². The van der Waals surface area contributed by atoms with Gasteiger partial charge >= 0.3 is 0 Å². The van der Waals surface area contributed by atoms with Gasteiger partial charge in [0.15, 0.2) is 5.82 Å². The number of ether oxygens (including phenoxy) is 2. The number of halogens is 5. The molecule has 5 rings (SSSR count). The lowest BCUT2D eigenvalue weighted by molar-refractivity contribution is -0.117. The predicted molar refractivity (Wildman–Crippen MR) is 163 cm³/mol. The number of aromatic nitrogens is 1. The first kappa shape index (κ1) is 31.9. The zero-order chi connectivity index (χ0) is 31.3. The third kappa shape index (κ3) is 8.34. The van der Waals surface area contributed by atoms with E-state index >= 15 is 0 Å². The Hall–Kier alpha value is -3.53. The summed E-state index contributed by atoms with van der Waals surface area (Å²) in [6.45, 7) is 1.44. The summed E-state index contributed by atoms with van der Waals surface area (Å²) in [6.07, 6.45) is 3.23. The van der Waals surface area contributed by atoms with Gasteiger partial charge in [-0.05, 0) is 56.0 Å². The van der Waals surface area contributed by atoms with Crippen molar-refractivity contribution in [1.29, 1.82) is 5.26 Å². The molecule has 13 heteroatoms. The standard InChI is InChI=1S/C31H30BrClF3N5O3/c32-20-13-25(36)29(26(14-20)38-18-31(7-8-31)9-10-37)39-27(42)16-41-11-5-22(6-12-41)44-28-4-3-23(34)30(40-28)43-17-19-1-2-21(33)15-24(19)35/h1-4,13-15,22,38H,5-9,11-12,16-18H2,(H,39,42). The van der Waals surface area contributed by atoms with Crippen molar-refractivity contribution in [2.24, 2.45) is 5.41 Å². The fourth-order valence-corrected chi connectivity index (χ4v) is 5.57. The number of pyridine rings is 1. The van der Waals surface area contributed by atoms with E-state index in [9.17, 15) is 18.0 Å². The van der Waals surface area contributed by atoms with Gasteiger partial charge in [0, 0.05) is 52.6 Å². The molecule has 1 aliphatic carbocycles. The van der Waals surface area contributed by atoms with Crippen LogP contribution in [-0.4, -0.2) is 48.1 Å². The minimum atomic E-state index is -0.706. The minimum absolute atomic E-state index is 0.0636. The van der Waals surface area contributed by atoms with Crippen LogP contribution >= 0.6 is 27.5 Å². The van der Waals surface area contributed by atoms with Gasteiger partial charge in [-0.3, -0.25) is 9.69 Å². The average Bonchev–Trinajstić information content (AvgIpc) is 3.75. The lowest BCUT2D eigenvalue weighted by Crippen LogP contribution is -2.42. The monoisotopic (exact) mass is 691 g/mol. The number of hydrogen-bond acceptors (Lipinski definition) is 7. The Morgan fingerprint density at radius 2 is 1.89 bits per heavy atom. The molecule has 0 radical (unpaired) electrons. The van der Waals surface area contributed by atoms with Crippen molar-refractivity contribution in [1.82, 2.24) is 9.88 Å². The van der Waals surface area contributed by atoms with Crippen molar-refractivity contribution >= 4 is 44.8 Å². The number of carbonyl (C=O) groups is 1. The first-order valence-electron chi connectivity index (χ1n) is 14.1. The van der Waals surface area contributed by atoms with Crippen molar-refractivity contribution in [2.75, 3.05) is 36.8 Å². The largest absolute Gasteiger partial charge is 0.474 e. The molecule has 2 aromatic carbocycles. The van der Waals surface area contributed by atoms with Crippen LogP contribution in [0.5, 0.6) is 11.8 Å². The number of nitriles is 1. The van der Waals surface area contributed by atoms with Crippen molar-refractivity contribution in [3.63, 3.8) is 0 Å². The van der Waals surface area contributed by atoms with Crippen LogP contribution in [0.4, 0.5) is 24.5 Å². The van der Waals surface area contributed by atoms with E-state index in [-0.39, 0.29) is 58.6 Å². The number of carbonyl (C=O) groups excluding carboxylic acids is 1. The van der Waals surface area contributed by atoms with Crippen LogP contribution in [0.15, 0.2) is 46.9 Å². The lowest BCUT2D eigenvalue weighted by Gasteiger charge is -2.31. The molecule has 3 aromatic rings. The first-order valence-corrected chi connectivity index (χ1v) is 15.3. The fourth-order valence-electron chi connectivity index (χ4n) is 4.98. The molecule has 44 heavy (non-hydrogen) atoms. The number of amides is 1. The van der Waals surface area contributed by atoms with Crippen molar-refractivity contribution in [2.45, 2.75) is 44.8 Å². The second-order valence-electron chi connectivity index (χ2n) is 11.1. The molecule has 8 nitrogen and oxygen atoms in total. The Labute approximate surface area is 266 Å². The summed E-state index contributed by atoms with van der Waals surface area (Å²) in [7, 11) is 0. The summed E-state index contributed by atoms with van der Waals surface area (Å²) in [6, 6.07) is 11.9.